The van der Waals surface area contributed by atoms with Crippen LogP contribution in [0, 0.1) is 0 Å². The van der Waals surface area contributed by atoms with Crippen molar-refractivity contribution in [3.05, 3.63) is 47.8 Å². The molecule has 4 rings (SSSR count). The largest absolute Gasteiger partial charge is 0.348 e. The Labute approximate surface area is 170 Å². The zero-order valence-electron chi connectivity index (χ0n) is 17.0. The van der Waals surface area contributed by atoms with Crippen LogP contribution in [0.2, 0.25) is 0 Å². The van der Waals surface area contributed by atoms with E-state index in [9.17, 15) is 4.79 Å². The maximum Gasteiger partial charge on any atom is 0.269 e. The lowest BCUT2D eigenvalue weighted by molar-refractivity contribution is 0.0911. The minimum absolute atomic E-state index is 0.0453. The number of benzene rings is 1. The fourth-order valence-electron chi connectivity index (χ4n) is 3.91. The third kappa shape index (κ3) is 4.36. The molecule has 1 aromatic carbocycles. The Morgan fingerprint density at radius 2 is 1.90 bits per heavy atom. The van der Waals surface area contributed by atoms with Crippen LogP contribution < -0.4 is 5.32 Å². The number of aryl methyl sites for hydroxylation is 2. The average molecular weight is 393 g/mol. The molecule has 8 heteroatoms. The molecule has 2 heterocycles. The van der Waals surface area contributed by atoms with E-state index in [1.54, 1.807) is 9.48 Å². The highest BCUT2D eigenvalue weighted by molar-refractivity contribution is 5.92. The maximum atomic E-state index is 12.7. The quantitative estimate of drug-likeness (QED) is 0.695. The molecule has 152 valence electrons. The summed E-state index contributed by atoms with van der Waals surface area (Å²) >= 11 is 0. The van der Waals surface area contributed by atoms with Crippen LogP contribution in [0.25, 0.3) is 11.4 Å². The summed E-state index contributed by atoms with van der Waals surface area (Å²) < 4.78 is 1.68. The Balaban J connectivity index is 1.33. The van der Waals surface area contributed by atoms with Crippen molar-refractivity contribution in [1.29, 1.82) is 0 Å². The van der Waals surface area contributed by atoms with Gasteiger partial charge < -0.3 is 5.32 Å². The molecule has 0 aliphatic heterocycles. The molecule has 3 aromatic rings. The van der Waals surface area contributed by atoms with Crippen molar-refractivity contribution in [3.63, 3.8) is 0 Å². The summed E-state index contributed by atoms with van der Waals surface area (Å²) in [5.74, 6) is 0.608. The number of hydrogen-bond acceptors (Lipinski definition) is 5. The summed E-state index contributed by atoms with van der Waals surface area (Å²) in [7, 11) is 1.83. The van der Waals surface area contributed by atoms with Crippen LogP contribution in [0.5, 0.6) is 0 Å². The Morgan fingerprint density at radius 3 is 2.62 bits per heavy atom. The van der Waals surface area contributed by atoms with Gasteiger partial charge in [-0.3, -0.25) is 9.48 Å². The van der Waals surface area contributed by atoms with E-state index in [-0.39, 0.29) is 18.0 Å². The zero-order valence-corrected chi connectivity index (χ0v) is 17.0. The molecule has 0 spiro atoms. The van der Waals surface area contributed by atoms with Gasteiger partial charge in [0.05, 0.1) is 11.7 Å². The Bertz CT molecular complexity index is 955. The van der Waals surface area contributed by atoms with Gasteiger partial charge in [0.15, 0.2) is 0 Å². The van der Waals surface area contributed by atoms with Crippen molar-refractivity contribution in [2.24, 2.45) is 7.05 Å². The number of rotatable bonds is 6. The highest BCUT2D eigenvalue weighted by Gasteiger charge is 2.26. The van der Waals surface area contributed by atoms with Crippen LogP contribution in [-0.4, -0.2) is 41.9 Å². The topological polar surface area (TPSA) is 90.5 Å². The highest BCUT2D eigenvalue weighted by atomic mass is 16.2. The number of carbonyl (C=O) groups is 1. The first-order valence-electron chi connectivity index (χ1n) is 10.3. The lowest BCUT2D eigenvalue weighted by atomic mass is 9.91. The van der Waals surface area contributed by atoms with Crippen molar-refractivity contribution in [2.45, 2.75) is 57.5 Å². The van der Waals surface area contributed by atoms with Gasteiger partial charge in [-0.25, -0.2) is 0 Å². The van der Waals surface area contributed by atoms with Gasteiger partial charge in [-0.2, -0.15) is 9.90 Å². The van der Waals surface area contributed by atoms with E-state index >= 15 is 0 Å². The first-order valence-corrected chi connectivity index (χ1v) is 10.3. The van der Waals surface area contributed by atoms with Gasteiger partial charge in [0.2, 0.25) is 5.82 Å². The predicted octanol–water partition coefficient (Wildman–Crippen LogP) is 2.94. The first-order chi connectivity index (χ1) is 14.1. The molecular weight excluding hydrogens is 366 g/mol. The van der Waals surface area contributed by atoms with Gasteiger partial charge >= 0.3 is 0 Å². The minimum Gasteiger partial charge on any atom is -0.348 e. The minimum atomic E-state index is -0.0453. The third-order valence-electron chi connectivity index (χ3n) is 5.49. The van der Waals surface area contributed by atoms with E-state index < -0.39 is 0 Å². The number of nitrogens with one attached hydrogen (secondary N) is 1. The SMILES string of the molecule is CCCc1cc(C(=O)NC2CCC(n3nnc(-c4ccccc4)n3)CC2)n(C)n1. The van der Waals surface area contributed by atoms with E-state index in [1.807, 2.05) is 43.4 Å². The van der Waals surface area contributed by atoms with Gasteiger partial charge in [-0.05, 0) is 43.4 Å². The molecule has 0 saturated heterocycles. The molecule has 1 N–H and O–H groups in total. The van der Waals surface area contributed by atoms with Crippen molar-refractivity contribution in [2.75, 3.05) is 0 Å². The molecule has 1 saturated carbocycles. The summed E-state index contributed by atoms with van der Waals surface area (Å²) in [5, 5.41) is 20.6. The van der Waals surface area contributed by atoms with E-state index in [2.05, 4.69) is 32.7 Å². The summed E-state index contributed by atoms with van der Waals surface area (Å²) in [6, 6.07) is 12.2. The standard InChI is InChI=1S/C21H27N7O/c1-3-7-17-14-19(27(2)24-17)21(29)22-16-10-12-18(13-11-16)28-25-20(23-26-28)15-8-5-4-6-9-15/h4-6,8-9,14,16,18H,3,7,10-13H2,1-2H3,(H,22,29). The van der Waals surface area contributed by atoms with Crippen LogP contribution in [0.3, 0.4) is 0 Å². The van der Waals surface area contributed by atoms with Gasteiger partial charge in [0, 0.05) is 18.7 Å². The second-order valence-electron chi connectivity index (χ2n) is 7.67. The lowest BCUT2D eigenvalue weighted by Crippen LogP contribution is -2.39. The number of nitrogens with zero attached hydrogens (tertiary/aromatic N) is 6. The summed E-state index contributed by atoms with van der Waals surface area (Å²) in [6.07, 6.45) is 5.55. The Morgan fingerprint density at radius 1 is 1.14 bits per heavy atom. The first kappa shape index (κ1) is 19.3. The molecule has 0 bridgehead atoms. The molecule has 1 aliphatic carbocycles. The zero-order chi connectivity index (χ0) is 20.2. The fourth-order valence-corrected chi connectivity index (χ4v) is 3.91. The van der Waals surface area contributed by atoms with Crippen molar-refractivity contribution >= 4 is 5.91 Å². The molecule has 1 fully saturated rings. The van der Waals surface area contributed by atoms with Crippen LogP contribution >= 0.6 is 0 Å². The highest BCUT2D eigenvalue weighted by Crippen LogP contribution is 2.28. The number of carbonyl (C=O) groups excluding carboxylic acids is 1. The molecule has 0 radical (unpaired) electrons. The van der Waals surface area contributed by atoms with E-state index in [0.29, 0.717) is 11.5 Å². The van der Waals surface area contributed by atoms with Crippen LogP contribution in [0.15, 0.2) is 36.4 Å². The molecule has 1 amide bonds. The number of hydrogen-bond donors (Lipinski definition) is 1. The summed E-state index contributed by atoms with van der Waals surface area (Å²) in [6.45, 7) is 2.11. The summed E-state index contributed by atoms with van der Waals surface area (Å²) in [4.78, 5) is 14.4. The van der Waals surface area contributed by atoms with Gasteiger partial charge in [0.1, 0.15) is 5.69 Å². The van der Waals surface area contributed by atoms with Gasteiger partial charge in [0.25, 0.3) is 5.91 Å². The molecule has 0 unspecified atom stereocenters. The second kappa shape index (κ2) is 8.55. The van der Waals surface area contributed by atoms with E-state index in [0.717, 1.165) is 49.8 Å². The van der Waals surface area contributed by atoms with Crippen molar-refractivity contribution in [3.8, 4) is 11.4 Å². The fraction of sp³-hybridized carbons (Fsp3) is 0.476. The summed E-state index contributed by atoms with van der Waals surface area (Å²) in [5.41, 5.74) is 2.56. The molecule has 29 heavy (non-hydrogen) atoms. The predicted molar refractivity (Wildman–Crippen MR) is 109 cm³/mol. The third-order valence-corrected chi connectivity index (χ3v) is 5.49. The molecule has 8 nitrogen and oxygen atoms in total. The molecule has 0 atom stereocenters. The number of amides is 1. The van der Waals surface area contributed by atoms with E-state index in [4.69, 9.17) is 0 Å². The van der Waals surface area contributed by atoms with Crippen LogP contribution in [-0.2, 0) is 13.5 Å². The van der Waals surface area contributed by atoms with Crippen LogP contribution in [0.1, 0.15) is 61.3 Å². The van der Waals surface area contributed by atoms with Gasteiger partial charge in [-0.15, -0.1) is 10.2 Å². The van der Waals surface area contributed by atoms with Crippen molar-refractivity contribution in [1.82, 2.24) is 35.3 Å². The molecule has 1 aliphatic rings. The lowest BCUT2D eigenvalue weighted by Gasteiger charge is -2.28. The Kier molecular flexibility index (Phi) is 5.69. The van der Waals surface area contributed by atoms with Gasteiger partial charge in [-0.1, -0.05) is 43.7 Å². The molecular formula is C21H27N7O. The maximum absolute atomic E-state index is 12.7. The van der Waals surface area contributed by atoms with E-state index in [1.165, 1.54) is 0 Å². The Hall–Kier alpha value is -3.03. The smallest absolute Gasteiger partial charge is 0.269 e. The number of tetrazole rings is 1. The van der Waals surface area contributed by atoms with Crippen molar-refractivity contribution < 1.29 is 4.79 Å². The second-order valence-corrected chi connectivity index (χ2v) is 7.67. The molecule has 2 aromatic heterocycles. The monoisotopic (exact) mass is 393 g/mol. The average Bonchev–Trinajstić information content (AvgIpc) is 3.37. The normalized spacial score (nSPS) is 19.2. The van der Waals surface area contributed by atoms with Crippen LogP contribution in [0.4, 0.5) is 0 Å². The number of aromatic nitrogens is 6.